The summed E-state index contributed by atoms with van der Waals surface area (Å²) < 4.78 is 0. The summed E-state index contributed by atoms with van der Waals surface area (Å²) in [5, 5.41) is 12.4. The lowest BCUT2D eigenvalue weighted by molar-refractivity contribution is -0.121. The molecule has 0 saturated heterocycles. The number of anilines is 1. The van der Waals surface area contributed by atoms with Gasteiger partial charge in [-0.2, -0.15) is 5.10 Å². The summed E-state index contributed by atoms with van der Waals surface area (Å²) >= 11 is 5.95. The fourth-order valence-electron chi connectivity index (χ4n) is 1.56. The van der Waals surface area contributed by atoms with Crippen LogP contribution in [-0.2, 0) is 4.79 Å². The number of hydrazone groups is 1. The van der Waals surface area contributed by atoms with Crippen LogP contribution < -0.4 is 22.0 Å². The number of aromatic nitrogens is 3. The Bertz CT molecular complexity index is 844. The van der Waals surface area contributed by atoms with Gasteiger partial charge in [0.2, 0.25) is 5.82 Å². The maximum absolute atomic E-state index is 11.9. The van der Waals surface area contributed by atoms with Gasteiger partial charge in [0.05, 0.1) is 6.21 Å². The van der Waals surface area contributed by atoms with Gasteiger partial charge in [0.15, 0.2) is 0 Å². The molecule has 1 unspecified atom stereocenters. The van der Waals surface area contributed by atoms with Crippen molar-refractivity contribution in [2.45, 2.75) is 13.0 Å². The topological polar surface area (TPSA) is 132 Å². The molecule has 0 spiro atoms. The largest absolute Gasteiger partial charge is 0.353 e. The number of carbonyl (C=O) groups is 1. The van der Waals surface area contributed by atoms with E-state index in [0.717, 1.165) is 0 Å². The molecular weight excluding hydrogens is 324 g/mol. The summed E-state index contributed by atoms with van der Waals surface area (Å²) in [7, 11) is 0. The van der Waals surface area contributed by atoms with E-state index in [9.17, 15) is 14.4 Å². The number of halogens is 1. The number of carbonyl (C=O) groups excluding carboxylic acids is 1. The molecule has 23 heavy (non-hydrogen) atoms. The van der Waals surface area contributed by atoms with Crippen molar-refractivity contribution < 1.29 is 4.79 Å². The van der Waals surface area contributed by atoms with E-state index < -0.39 is 23.2 Å². The van der Waals surface area contributed by atoms with Gasteiger partial charge in [-0.05, 0) is 13.0 Å². The molecule has 10 heteroatoms. The molecule has 2 rings (SSSR count). The van der Waals surface area contributed by atoms with Gasteiger partial charge >= 0.3 is 5.69 Å². The van der Waals surface area contributed by atoms with Crippen molar-refractivity contribution in [3.63, 3.8) is 0 Å². The monoisotopic (exact) mass is 336 g/mol. The van der Waals surface area contributed by atoms with Crippen LogP contribution in [0.3, 0.4) is 0 Å². The van der Waals surface area contributed by atoms with Crippen LogP contribution in [0.1, 0.15) is 12.5 Å². The highest BCUT2D eigenvalue weighted by atomic mass is 35.5. The number of H-pyrrole nitrogens is 2. The highest BCUT2D eigenvalue weighted by Crippen LogP contribution is 2.11. The third-order valence-corrected chi connectivity index (χ3v) is 3.09. The van der Waals surface area contributed by atoms with E-state index in [1.807, 2.05) is 4.98 Å². The number of aromatic amines is 2. The van der Waals surface area contributed by atoms with E-state index in [1.54, 1.807) is 24.3 Å². The fourth-order valence-corrected chi connectivity index (χ4v) is 1.74. The minimum absolute atomic E-state index is 0.178. The van der Waals surface area contributed by atoms with Crippen molar-refractivity contribution in [1.29, 1.82) is 0 Å². The summed E-state index contributed by atoms with van der Waals surface area (Å²) in [6.07, 6.45) is 1.40. The maximum atomic E-state index is 11.9. The highest BCUT2D eigenvalue weighted by Gasteiger charge is 2.14. The average molecular weight is 337 g/mol. The van der Waals surface area contributed by atoms with E-state index >= 15 is 0 Å². The van der Waals surface area contributed by atoms with Gasteiger partial charge in [-0.15, -0.1) is 5.10 Å². The van der Waals surface area contributed by atoms with Crippen molar-refractivity contribution >= 4 is 29.5 Å². The van der Waals surface area contributed by atoms with E-state index in [0.29, 0.717) is 10.6 Å². The first-order valence-electron chi connectivity index (χ1n) is 6.50. The third kappa shape index (κ3) is 4.51. The minimum atomic E-state index is -0.808. The van der Waals surface area contributed by atoms with E-state index in [2.05, 4.69) is 26.0 Å². The summed E-state index contributed by atoms with van der Waals surface area (Å²) in [5.41, 5.74) is 1.49. The first kappa shape index (κ1) is 16.4. The predicted octanol–water partition coefficient (Wildman–Crippen LogP) is 0.0623. The number of hydrogen-bond acceptors (Lipinski definition) is 6. The molecule has 1 aromatic carbocycles. The van der Waals surface area contributed by atoms with Gasteiger partial charge in [0.1, 0.15) is 6.04 Å². The molecule has 0 radical (unpaired) electrons. The number of amides is 1. The summed E-state index contributed by atoms with van der Waals surface area (Å²) in [4.78, 5) is 36.2. The van der Waals surface area contributed by atoms with Crippen LogP contribution in [0.25, 0.3) is 0 Å². The Morgan fingerprint density at radius 1 is 1.39 bits per heavy atom. The predicted molar refractivity (Wildman–Crippen MR) is 85.8 cm³/mol. The molecule has 1 amide bonds. The molecule has 4 N–H and O–H groups in total. The number of benzene rings is 1. The smallest absolute Gasteiger partial charge is 0.342 e. The van der Waals surface area contributed by atoms with Crippen LogP contribution in [0.15, 0.2) is 39.0 Å². The molecule has 0 aliphatic carbocycles. The van der Waals surface area contributed by atoms with Crippen LogP contribution in [0.2, 0.25) is 5.02 Å². The second-order valence-corrected chi connectivity index (χ2v) is 4.88. The van der Waals surface area contributed by atoms with Crippen LogP contribution in [0, 0.1) is 0 Å². The normalized spacial score (nSPS) is 12.1. The van der Waals surface area contributed by atoms with Crippen LogP contribution >= 0.6 is 11.6 Å². The van der Waals surface area contributed by atoms with Gasteiger partial charge in [-0.3, -0.25) is 14.6 Å². The maximum Gasteiger partial charge on any atom is 0.342 e. The van der Waals surface area contributed by atoms with Gasteiger partial charge in [-0.25, -0.2) is 15.3 Å². The number of nitrogens with one attached hydrogen (secondary N) is 4. The molecule has 0 aliphatic heterocycles. The lowest BCUT2D eigenvalue weighted by atomic mass is 10.2. The standard InChI is InChI=1S/C13H13ClN6O3/c1-7(16-10-12(22)17-13(23)20-18-10)11(21)19-15-6-8-4-2-3-5-9(8)14/h2-7H,1H3,(H,16,18)(H,19,21)(H2,17,20,22,23)/b15-6+. The van der Waals surface area contributed by atoms with Crippen molar-refractivity contribution in [3.8, 4) is 0 Å². The van der Waals surface area contributed by atoms with Crippen molar-refractivity contribution in [2.75, 3.05) is 5.32 Å². The van der Waals surface area contributed by atoms with Gasteiger partial charge < -0.3 is 5.32 Å². The Morgan fingerprint density at radius 2 is 2.13 bits per heavy atom. The quantitative estimate of drug-likeness (QED) is 0.453. The lowest BCUT2D eigenvalue weighted by Crippen LogP contribution is -2.38. The molecule has 0 fully saturated rings. The molecular formula is C13H13ClN6O3. The van der Waals surface area contributed by atoms with E-state index in [1.165, 1.54) is 13.1 Å². The molecule has 9 nitrogen and oxygen atoms in total. The molecule has 1 aromatic heterocycles. The Hall–Kier alpha value is -2.94. The summed E-state index contributed by atoms with van der Waals surface area (Å²) in [6.45, 7) is 1.51. The van der Waals surface area contributed by atoms with E-state index in [4.69, 9.17) is 11.6 Å². The molecule has 0 saturated carbocycles. The van der Waals surface area contributed by atoms with Crippen LogP contribution in [-0.4, -0.2) is 33.3 Å². The second kappa shape index (κ2) is 7.36. The Morgan fingerprint density at radius 3 is 2.83 bits per heavy atom. The van der Waals surface area contributed by atoms with Gasteiger partial charge in [-0.1, -0.05) is 29.8 Å². The Labute approximate surface area is 134 Å². The number of rotatable bonds is 5. The Balaban J connectivity index is 1.96. The van der Waals surface area contributed by atoms with Gasteiger partial charge in [0, 0.05) is 10.6 Å². The average Bonchev–Trinajstić information content (AvgIpc) is 2.51. The third-order valence-electron chi connectivity index (χ3n) is 2.74. The van der Waals surface area contributed by atoms with Crippen molar-refractivity contribution in [3.05, 3.63) is 55.7 Å². The molecule has 2 aromatic rings. The SMILES string of the molecule is CC(Nc1n[nH]c(=O)[nH]c1=O)C(=O)N/N=C/c1ccccc1Cl. The van der Waals surface area contributed by atoms with Gasteiger partial charge in [0.25, 0.3) is 11.5 Å². The lowest BCUT2D eigenvalue weighted by Gasteiger charge is -2.11. The zero-order chi connectivity index (χ0) is 16.8. The van der Waals surface area contributed by atoms with Crippen LogP contribution in [0.5, 0.6) is 0 Å². The first-order valence-corrected chi connectivity index (χ1v) is 6.88. The minimum Gasteiger partial charge on any atom is -0.353 e. The fraction of sp³-hybridized carbons (Fsp3) is 0.154. The van der Waals surface area contributed by atoms with Crippen molar-refractivity contribution in [1.82, 2.24) is 20.6 Å². The van der Waals surface area contributed by atoms with Crippen molar-refractivity contribution in [2.24, 2.45) is 5.10 Å². The molecule has 1 atom stereocenters. The zero-order valence-electron chi connectivity index (χ0n) is 12.0. The van der Waals surface area contributed by atoms with E-state index in [-0.39, 0.29) is 5.82 Å². The first-order chi connectivity index (χ1) is 11.0. The zero-order valence-corrected chi connectivity index (χ0v) is 12.7. The number of nitrogens with zero attached hydrogens (tertiary/aromatic N) is 2. The van der Waals surface area contributed by atoms with Crippen LogP contribution in [0.4, 0.5) is 5.82 Å². The molecule has 0 aliphatic rings. The number of hydrogen-bond donors (Lipinski definition) is 4. The molecule has 1 heterocycles. The highest BCUT2D eigenvalue weighted by molar-refractivity contribution is 6.33. The molecule has 120 valence electrons. The second-order valence-electron chi connectivity index (χ2n) is 4.48. The summed E-state index contributed by atoms with van der Waals surface area (Å²) in [6, 6.07) is 6.19. The molecule has 0 bridgehead atoms. The Kier molecular flexibility index (Phi) is 5.26. The summed E-state index contributed by atoms with van der Waals surface area (Å²) in [5.74, 6) is -0.678.